The minimum Gasteiger partial charge on any atom is -0.380 e. The normalized spacial score (nSPS) is 30.9. The maximum Gasteiger partial charge on any atom is 0.132 e. The fourth-order valence-electron chi connectivity index (χ4n) is 4.19. The summed E-state index contributed by atoms with van der Waals surface area (Å²) in [4.78, 5) is 7.22. The first-order chi connectivity index (χ1) is 10.2. The molecule has 114 valence electrons. The topological polar surface area (TPSA) is 37.4 Å². The summed E-state index contributed by atoms with van der Waals surface area (Å²) < 4.78 is 5.39. The third-order valence-corrected chi connectivity index (χ3v) is 5.39. The predicted octanol–water partition coefficient (Wildman–Crippen LogP) is 2.08. The standard InChI is InChI=1S/C17H25N3O/c1-12-3-5-19-16(20-8-17(9-20)10-21-11-17)15(12)14-4-6-18-13(2)7-14/h3,5,13-14,18H,4,6-11H2,1-2H3/t13-,14?/m1/s1. The Hall–Kier alpha value is -1.13. The van der Waals surface area contributed by atoms with Crippen LogP contribution in [0.2, 0.25) is 0 Å². The highest BCUT2D eigenvalue weighted by atomic mass is 16.5. The Labute approximate surface area is 126 Å². The molecule has 0 aliphatic carbocycles. The summed E-state index contributed by atoms with van der Waals surface area (Å²) in [5.41, 5.74) is 3.36. The molecule has 1 aromatic heterocycles. The number of nitrogens with zero attached hydrogens (tertiary/aromatic N) is 2. The highest BCUT2D eigenvalue weighted by Gasteiger charge is 2.50. The van der Waals surface area contributed by atoms with E-state index >= 15 is 0 Å². The first kappa shape index (κ1) is 13.5. The van der Waals surface area contributed by atoms with E-state index in [1.165, 1.54) is 29.8 Å². The van der Waals surface area contributed by atoms with Crippen LogP contribution >= 0.6 is 0 Å². The minimum atomic E-state index is 0.449. The molecular formula is C17H25N3O. The molecule has 21 heavy (non-hydrogen) atoms. The number of ether oxygens (including phenoxy) is 1. The summed E-state index contributed by atoms with van der Waals surface area (Å²) in [6.07, 6.45) is 4.43. The number of nitrogens with one attached hydrogen (secondary N) is 1. The van der Waals surface area contributed by atoms with Crippen LogP contribution in [-0.2, 0) is 4.74 Å². The molecule has 1 unspecified atom stereocenters. The first-order valence-corrected chi connectivity index (χ1v) is 8.18. The van der Waals surface area contributed by atoms with Crippen molar-refractivity contribution in [2.24, 2.45) is 5.41 Å². The summed E-state index contributed by atoms with van der Waals surface area (Å²) in [6, 6.07) is 2.78. The van der Waals surface area contributed by atoms with Crippen molar-refractivity contribution in [2.75, 3.05) is 37.7 Å². The van der Waals surface area contributed by atoms with E-state index in [0.717, 1.165) is 32.8 Å². The van der Waals surface area contributed by atoms with Crippen LogP contribution in [0.5, 0.6) is 0 Å². The van der Waals surface area contributed by atoms with Gasteiger partial charge < -0.3 is 15.0 Å². The van der Waals surface area contributed by atoms with Gasteiger partial charge in [0.25, 0.3) is 0 Å². The predicted molar refractivity (Wildman–Crippen MR) is 83.9 cm³/mol. The molecule has 0 radical (unpaired) electrons. The number of rotatable bonds is 2. The second-order valence-electron chi connectivity index (χ2n) is 7.29. The lowest BCUT2D eigenvalue weighted by molar-refractivity contribution is -0.127. The Balaban J connectivity index is 1.60. The van der Waals surface area contributed by atoms with Gasteiger partial charge in [-0.2, -0.15) is 0 Å². The van der Waals surface area contributed by atoms with Gasteiger partial charge in [0.05, 0.1) is 18.6 Å². The first-order valence-electron chi connectivity index (χ1n) is 8.18. The summed E-state index contributed by atoms with van der Waals surface area (Å²) in [5.74, 6) is 1.89. The Kier molecular flexibility index (Phi) is 3.19. The highest BCUT2D eigenvalue weighted by molar-refractivity contribution is 5.55. The van der Waals surface area contributed by atoms with Crippen molar-refractivity contribution in [2.45, 2.75) is 38.6 Å². The van der Waals surface area contributed by atoms with Crippen molar-refractivity contribution < 1.29 is 4.74 Å². The quantitative estimate of drug-likeness (QED) is 0.904. The van der Waals surface area contributed by atoms with Crippen molar-refractivity contribution in [3.05, 3.63) is 23.4 Å². The van der Waals surface area contributed by atoms with Crippen molar-refractivity contribution in [3.63, 3.8) is 0 Å². The maximum atomic E-state index is 5.39. The molecule has 0 bridgehead atoms. The molecule has 1 N–H and O–H groups in total. The number of aryl methyl sites for hydroxylation is 1. The third-order valence-electron chi connectivity index (χ3n) is 5.39. The van der Waals surface area contributed by atoms with Gasteiger partial charge in [0, 0.05) is 30.9 Å². The van der Waals surface area contributed by atoms with Crippen LogP contribution in [0.1, 0.15) is 36.8 Å². The highest BCUT2D eigenvalue weighted by Crippen LogP contribution is 2.43. The van der Waals surface area contributed by atoms with E-state index in [-0.39, 0.29) is 0 Å². The van der Waals surface area contributed by atoms with Gasteiger partial charge in [-0.25, -0.2) is 4.98 Å². The second-order valence-corrected chi connectivity index (χ2v) is 7.29. The van der Waals surface area contributed by atoms with E-state index in [2.05, 4.69) is 30.1 Å². The molecule has 3 aliphatic rings. The van der Waals surface area contributed by atoms with E-state index in [0.29, 0.717) is 17.4 Å². The monoisotopic (exact) mass is 287 g/mol. The lowest BCUT2D eigenvalue weighted by Gasteiger charge is -2.56. The maximum absolute atomic E-state index is 5.39. The Morgan fingerprint density at radius 1 is 1.38 bits per heavy atom. The van der Waals surface area contributed by atoms with Gasteiger partial charge in [-0.15, -0.1) is 0 Å². The van der Waals surface area contributed by atoms with Crippen molar-refractivity contribution in [1.82, 2.24) is 10.3 Å². The summed E-state index contributed by atoms with van der Waals surface area (Å²) >= 11 is 0. The molecule has 0 saturated carbocycles. The zero-order chi connectivity index (χ0) is 14.4. The van der Waals surface area contributed by atoms with Crippen molar-refractivity contribution in [3.8, 4) is 0 Å². The van der Waals surface area contributed by atoms with Crippen LogP contribution in [0.25, 0.3) is 0 Å². The fourth-order valence-corrected chi connectivity index (χ4v) is 4.19. The number of hydrogen-bond donors (Lipinski definition) is 1. The number of anilines is 1. The summed E-state index contributed by atoms with van der Waals surface area (Å²) in [6.45, 7) is 9.78. The molecule has 0 aromatic carbocycles. The number of hydrogen-bond acceptors (Lipinski definition) is 4. The molecule has 4 heterocycles. The lowest BCUT2D eigenvalue weighted by atomic mass is 9.77. The van der Waals surface area contributed by atoms with Gasteiger partial charge >= 0.3 is 0 Å². The molecule has 4 rings (SSSR count). The number of pyridine rings is 1. The van der Waals surface area contributed by atoms with E-state index in [1.807, 2.05) is 6.20 Å². The molecule has 4 heteroatoms. The van der Waals surface area contributed by atoms with Crippen molar-refractivity contribution in [1.29, 1.82) is 0 Å². The van der Waals surface area contributed by atoms with E-state index < -0.39 is 0 Å². The van der Waals surface area contributed by atoms with E-state index in [9.17, 15) is 0 Å². The molecule has 3 fully saturated rings. The number of aromatic nitrogens is 1. The summed E-state index contributed by atoms with van der Waals surface area (Å²) in [5, 5.41) is 3.56. The Morgan fingerprint density at radius 3 is 2.86 bits per heavy atom. The molecule has 2 atom stereocenters. The van der Waals surface area contributed by atoms with Crippen LogP contribution in [0.4, 0.5) is 5.82 Å². The van der Waals surface area contributed by atoms with Crippen molar-refractivity contribution >= 4 is 5.82 Å². The van der Waals surface area contributed by atoms with Crippen LogP contribution in [0.3, 0.4) is 0 Å². The third kappa shape index (κ3) is 2.25. The SMILES string of the molecule is Cc1ccnc(N2CC3(COC3)C2)c1C1CCN[C@H](C)C1. The lowest BCUT2D eigenvalue weighted by Crippen LogP contribution is -2.66. The largest absolute Gasteiger partial charge is 0.380 e. The van der Waals surface area contributed by atoms with Crippen LogP contribution in [0.15, 0.2) is 12.3 Å². The molecule has 1 spiro atoms. The van der Waals surface area contributed by atoms with Gasteiger partial charge in [0.2, 0.25) is 0 Å². The van der Waals surface area contributed by atoms with Gasteiger partial charge in [-0.1, -0.05) is 0 Å². The second kappa shape index (κ2) is 4.96. The average molecular weight is 287 g/mol. The summed E-state index contributed by atoms with van der Waals surface area (Å²) in [7, 11) is 0. The molecule has 1 aromatic rings. The number of piperidine rings is 1. The van der Waals surface area contributed by atoms with Crippen LogP contribution in [0, 0.1) is 12.3 Å². The molecule has 4 nitrogen and oxygen atoms in total. The minimum absolute atomic E-state index is 0.449. The van der Waals surface area contributed by atoms with Crippen LogP contribution < -0.4 is 10.2 Å². The van der Waals surface area contributed by atoms with Gasteiger partial charge in [-0.3, -0.25) is 0 Å². The zero-order valence-corrected chi connectivity index (χ0v) is 13.1. The Morgan fingerprint density at radius 2 is 2.19 bits per heavy atom. The zero-order valence-electron chi connectivity index (χ0n) is 13.1. The Bertz CT molecular complexity index is 533. The van der Waals surface area contributed by atoms with Gasteiger partial charge in [0.1, 0.15) is 5.82 Å². The smallest absolute Gasteiger partial charge is 0.132 e. The fraction of sp³-hybridized carbons (Fsp3) is 0.706. The van der Waals surface area contributed by atoms with E-state index in [1.54, 1.807) is 0 Å². The molecule has 0 amide bonds. The van der Waals surface area contributed by atoms with Gasteiger partial charge in [0.15, 0.2) is 0 Å². The average Bonchev–Trinajstić information content (AvgIpc) is 2.35. The van der Waals surface area contributed by atoms with E-state index in [4.69, 9.17) is 9.72 Å². The molecule has 3 saturated heterocycles. The molecular weight excluding hydrogens is 262 g/mol. The van der Waals surface area contributed by atoms with Gasteiger partial charge in [-0.05, 0) is 50.8 Å². The molecule has 3 aliphatic heterocycles. The van der Waals surface area contributed by atoms with Crippen LogP contribution in [-0.4, -0.2) is 43.9 Å².